The van der Waals surface area contributed by atoms with Crippen LogP contribution in [0.25, 0.3) is 0 Å². The molecule has 0 heterocycles. The third-order valence-corrected chi connectivity index (χ3v) is 7.53. The van der Waals surface area contributed by atoms with Gasteiger partial charge in [0.1, 0.15) is 5.78 Å². The van der Waals surface area contributed by atoms with Gasteiger partial charge in [-0.25, -0.2) is 0 Å². The summed E-state index contributed by atoms with van der Waals surface area (Å²) in [7, 11) is 0. The van der Waals surface area contributed by atoms with Crippen LogP contribution in [-0.2, 0) is 4.79 Å². The number of allylic oxidation sites excluding steroid dienone is 4. The van der Waals surface area contributed by atoms with Gasteiger partial charge in [0.15, 0.2) is 0 Å². The topological polar surface area (TPSA) is 17.1 Å². The Morgan fingerprint density at radius 3 is 2.52 bits per heavy atom. The first kappa shape index (κ1) is 13.8. The average Bonchev–Trinajstić information content (AvgIpc) is 2.76. The molecule has 0 aromatic rings. The Morgan fingerprint density at radius 2 is 1.71 bits per heavy atom. The van der Waals surface area contributed by atoms with Gasteiger partial charge in [-0.05, 0) is 61.7 Å². The van der Waals surface area contributed by atoms with E-state index in [9.17, 15) is 4.79 Å². The minimum atomic E-state index is -0.0357. The van der Waals surface area contributed by atoms with Gasteiger partial charge in [-0.3, -0.25) is 4.79 Å². The molecular formula is C20H28O. The molecule has 5 atom stereocenters. The van der Waals surface area contributed by atoms with E-state index in [-0.39, 0.29) is 5.41 Å². The van der Waals surface area contributed by atoms with Gasteiger partial charge in [0, 0.05) is 11.8 Å². The van der Waals surface area contributed by atoms with Crippen LogP contribution >= 0.6 is 0 Å². The third-order valence-electron chi connectivity index (χ3n) is 7.53. The van der Waals surface area contributed by atoms with Gasteiger partial charge in [-0.2, -0.15) is 0 Å². The predicted octanol–water partition coefficient (Wildman–Crippen LogP) is 5.07. The first-order chi connectivity index (χ1) is 9.95. The average molecular weight is 284 g/mol. The molecule has 0 unspecified atom stereocenters. The molecule has 0 bridgehead atoms. The van der Waals surface area contributed by atoms with Crippen molar-refractivity contribution in [1.29, 1.82) is 0 Å². The number of rotatable bonds is 0. The van der Waals surface area contributed by atoms with Gasteiger partial charge < -0.3 is 0 Å². The summed E-state index contributed by atoms with van der Waals surface area (Å²) < 4.78 is 0. The van der Waals surface area contributed by atoms with Crippen LogP contribution in [0.2, 0.25) is 0 Å². The van der Waals surface area contributed by atoms with Crippen LogP contribution < -0.4 is 0 Å². The number of Topliss-reactive ketones (excluding diaryl/α,β-unsaturated/α-hetero) is 1. The minimum Gasteiger partial charge on any atom is -0.299 e. The smallest absolute Gasteiger partial charge is 0.139 e. The van der Waals surface area contributed by atoms with Crippen molar-refractivity contribution in [3.63, 3.8) is 0 Å². The van der Waals surface area contributed by atoms with Crippen molar-refractivity contribution < 1.29 is 4.79 Å². The summed E-state index contributed by atoms with van der Waals surface area (Å²) in [5.74, 6) is 2.64. The molecule has 3 saturated carbocycles. The number of hydrogen-bond acceptors (Lipinski definition) is 1. The summed E-state index contributed by atoms with van der Waals surface area (Å²) in [6, 6.07) is 0. The highest BCUT2D eigenvalue weighted by Crippen LogP contribution is 2.62. The Bertz CT molecular complexity index is 554. The summed E-state index contributed by atoms with van der Waals surface area (Å²) in [6.45, 7) is 7.16. The van der Waals surface area contributed by atoms with Crippen LogP contribution in [-0.4, -0.2) is 5.78 Å². The van der Waals surface area contributed by atoms with E-state index >= 15 is 0 Å². The van der Waals surface area contributed by atoms with E-state index in [1.807, 2.05) is 0 Å². The number of carbonyl (C=O) groups is 1. The van der Waals surface area contributed by atoms with Gasteiger partial charge in [-0.1, -0.05) is 44.1 Å². The van der Waals surface area contributed by atoms with Crippen molar-refractivity contribution in [3.8, 4) is 0 Å². The zero-order valence-corrected chi connectivity index (χ0v) is 13.7. The van der Waals surface area contributed by atoms with E-state index in [2.05, 4.69) is 32.9 Å². The fourth-order valence-electron chi connectivity index (χ4n) is 5.97. The lowest BCUT2D eigenvalue weighted by Gasteiger charge is -2.53. The molecule has 3 fully saturated rings. The lowest BCUT2D eigenvalue weighted by Crippen LogP contribution is -2.45. The quantitative estimate of drug-likeness (QED) is 0.606. The molecule has 0 aromatic heterocycles. The molecule has 0 N–H and O–H groups in total. The summed E-state index contributed by atoms with van der Waals surface area (Å²) in [5, 5.41) is 0. The van der Waals surface area contributed by atoms with Gasteiger partial charge in [-0.15, -0.1) is 0 Å². The van der Waals surface area contributed by atoms with Crippen molar-refractivity contribution >= 4 is 5.78 Å². The van der Waals surface area contributed by atoms with E-state index in [0.717, 1.165) is 25.2 Å². The largest absolute Gasteiger partial charge is 0.299 e. The van der Waals surface area contributed by atoms with Crippen LogP contribution in [0.4, 0.5) is 0 Å². The fourth-order valence-corrected chi connectivity index (χ4v) is 5.97. The van der Waals surface area contributed by atoms with Gasteiger partial charge in [0.05, 0.1) is 0 Å². The number of fused-ring (bicyclic) bond motifs is 5. The summed E-state index contributed by atoms with van der Waals surface area (Å²) in [4.78, 5) is 12.4. The minimum absolute atomic E-state index is 0.0357. The van der Waals surface area contributed by atoms with Crippen LogP contribution in [0, 0.1) is 28.6 Å². The SMILES string of the molecule is C[C@H]1CC[C@]2(C)C(=CC=C3[C@H]2CC[C@]2(C)C(=O)CC[C@@H]32)C1. The van der Waals surface area contributed by atoms with Crippen molar-refractivity contribution in [2.75, 3.05) is 0 Å². The first-order valence-electron chi connectivity index (χ1n) is 8.89. The molecule has 0 amide bonds. The summed E-state index contributed by atoms with van der Waals surface area (Å²) >= 11 is 0. The van der Waals surface area contributed by atoms with Crippen LogP contribution in [0.5, 0.6) is 0 Å². The van der Waals surface area contributed by atoms with Gasteiger partial charge >= 0.3 is 0 Å². The standard InChI is InChI=1S/C20H28O/c1-13-8-10-19(2)14(12-13)4-5-15-16-6-7-18(21)20(16,3)11-9-17(15)19/h4-5,13,16-17H,6-12H2,1-3H3/t13-,16-,17+,19+,20-/m0/s1. The lowest BCUT2D eigenvalue weighted by atomic mass is 9.51. The highest BCUT2D eigenvalue weighted by molar-refractivity contribution is 5.88. The van der Waals surface area contributed by atoms with Gasteiger partial charge in [0.2, 0.25) is 0 Å². The Labute approximate surface area is 128 Å². The van der Waals surface area contributed by atoms with E-state index < -0.39 is 0 Å². The highest BCUT2D eigenvalue weighted by Gasteiger charge is 2.55. The second-order valence-electron chi connectivity index (χ2n) is 8.65. The zero-order valence-electron chi connectivity index (χ0n) is 13.7. The summed E-state index contributed by atoms with van der Waals surface area (Å²) in [5.41, 5.74) is 3.69. The maximum Gasteiger partial charge on any atom is 0.139 e. The Morgan fingerprint density at radius 1 is 1.00 bits per heavy atom. The van der Waals surface area contributed by atoms with Crippen LogP contribution in [0.15, 0.2) is 23.3 Å². The third kappa shape index (κ3) is 1.72. The molecule has 4 rings (SSSR count). The fraction of sp³-hybridized carbons (Fsp3) is 0.750. The maximum absolute atomic E-state index is 12.4. The molecule has 1 heteroatoms. The molecule has 21 heavy (non-hydrogen) atoms. The molecule has 0 saturated heterocycles. The van der Waals surface area contributed by atoms with Crippen molar-refractivity contribution in [1.82, 2.24) is 0 Å². The van der Waals surface area contributed by atoms with E-state index in [1.54, 1.807) is 11.1 Å². The van der Waals surface area contributed by atoms with E-state index in [1.165, 1.54) is 25.7 Å². The molecule has 0 radical (unpaired) electrons. The molecular weight excluding hydrogens is 256 g/mol. The predicted molar refractivity (Wildman–Crippen MR) is 85.9 cm³/mol. The molecule has 0 aromatic carbocycles. The lowest BCUT2D eigenvalue weighted by molar-refractivity contribution is -0.127. The van der Waals surface area contributed by atoms with E-state index in [4.69, 9.17) is 0 Å². The first-order valence-corrected chi connectivity index (χ1v) is 8.89. The van der Waals surface area contributed by atoms with Crippen LogP contribution in [0.3, 0.4) is 0 Å². The number of hydrogen-bond donors (Lipinski definition) is 0. The Balaban J connectivity index is 1.75. The Hall–Kier alpha value is -0.850. The molecule has 114 valence electrons. The second kappa shape index (κ2) is 4.33. The molecule has 4 aliphatic rings. The Kier molecular flexibility index (Phi) is 2.85. The monoisotopic (exact) mass is 284 g/mol. The number of carbonyl (C=O) groups excluding carboxylic acids is 1. The van der Waals surface area contributed by atoms with Crippen molar-refractivity contribution in [2.45, 2.75) is 65.7 Å². The number of ketones is 1. The van der Waals surface area contributed by atoms with Crippen molar-refractivity contribution in [2.24, 2.45) is 28.6 Å². The van der Waals surface area contributed by atoms with E-state index in [0.29, 0.717) is 23.0 Å². The zero-order chi connectivity index (χ0) is 14.8. The molecule has 4 aliphatic carbocycles. The highest BCUT2D eigenvalue weighted by atomic mass is 16.1. The van der Waals surface area contributed by atoms with Crippen LogP contribution in [0.1, 0.15) is 65.7 Å². The maximum atomic E-state index is 12.4. The summed E-state index contributed by atoms with van der Waals surface area (Å²) in [6.07, 6.45) is 13.2. The molecule has 0 aliphatic heterocycles. The molecule has 0 spiro atoms. The normalized spacial score (nSPS) is 48.9. The van der Waals surface area contributed by atoms with Gasteiger partial charge in [0.25, 0.3) is 0 Å². The second-order valence-corrected chi connectivity index (χ2v) is 8.65. The molecule has 1 nitrogen and oxygen atoms in total. The van der Waals surface area contributed by atoms with Crippen molar-refractivity contribution in [3.05, 3.63) is 23.3 Å².